The summed E-state index contributed by atoms with van der Waals surface area (Å²) in [5, 5.41) is 13.8. The number of esters is 1. The second-order valence-corrected chi connectivity index (χ2v) is 4.17. The van der Waals surface area contributed by atoms with Crippen molar-refractivity contribution in [2.24, 2.45) is 0 Å². The molecule has 0 radical (unpaired) electrons. The molecule has 1 aromatic carbocycles. The molecule has 0 bridgehead atoms. The Morgan fingerprint density at radius 2 is 2.20 bits per heavy atom. The standard InChI is InChI=1S/C13H18N2O5/c1-4-14-10(13(16)19-3)8-20-12-6-5-9(2)7-11(12)15(17)18/h5-7,10,14H,4,8H2,1-3H3. The van der Waals surface area contributed by atoms with E-state index in [2.05, 4.69) is 10.1 Å². The van der Waals surface area contributed by atoms with Crippen molar-refractivity contribution in [1.82, 2.24) is 5.32 Å². The van der Waals surface area contributed by atoms with Gasteiger partial charge >= 0.3 is 11.7 Å². The first-order chi connectivity index (χ1) is 9.49. The third-order valence-electron chi connectivity index (χ3n) is 2.65. The number of carbonyl (C=O) groups excluding carboxylic acids is 1. The molecular formula is C13H18N2O5. The Kier molecular flexibility index (Phi) is 5.92. The van der Waals surface area contributed by atoms with Crippen LogP contribution in [-0.4, -0.2) is 37.2 Å². The van der Waals surface area contributed by atoms with E-state index < -0.39 is 16.9 Å². The summed E-state index contributed by atoms with van der Waals surface area (Å²) in [5.41, 5.74) is 0.644. The van der Waals surface area contributed by atoms with Gasteiger partial charge in [0, 0.05) is 6.07 Å². The fourth-order valence-corrected chi connectivity index (χ4v) is 1.66. The predicted molar refractivity (Wildman–Crippen MR) is 72.8 cm³/mol. The zero-order chi connectivity index (χ0) is 15.1. The number of rotatable bonds is 7. The minimum Gasteiger partial charge on any atom is -0.485 e. The van der Waals surface area contributed by atoms with Gasteiger partial charge < -0.3 is 14.8 Å². The van der Waals surface area contributed by atoms with Crippen LogP contribution in [0.3, 0.4) is 0 Å². The number of methoxy groups -OCH3 is 1. The largest absolute Gasteiger partial charge is 0.485 e. The van der Waals surface area contributed by atoms with Crippen LogP contribution in [0.1, 0.15) is 12.5 Å². The average molecular weight is 282 g/mol. The van der Waals surface area contributed by atoms with E-state index in [1.165, 1.54) is 19.2 Å². The summed E-state index contributed by atoms with van der Waals surface area (Å²) in [6, 6.07) is 4.00. The SMILES string of the molecule is CCNC(COc1ccc(C)cc1[N+](=O)[O-])C(=O)OC. The zero-order valence-corrected chi connectivity index (χ0v) is 11.7. The summed E-state index contributed by atoms with van der Waals surface area (Å²) in [4.78, 5) is 21.9. The van der Waals surface area contributed by atoms with E-state index in [4.69, 9.17) is 4.74 Å². The molecule has 1 atom stereocenters. The van der Waals surface area contributed by atoms with Crippen LogP contribution in [0.2, 0.25) is 0 Å². The molecule has 7 heteroatoms. The highest BCUT2D eigenvalue weighted by Crippen LogP contribution is 2.27. The van der Waals surface area contributed by atoms with Crippen LogP contribution in [0.15, 0.2) is 18.2 Å². The summed E-state index contributed by atoms with van der Waals surface area (Å²) in [6.45, 7) is 4.11. The van der Waals surface area contributed by atoms with Crippen molar-refractivity contribution in [2.75, 3.05) is 20.3 Å². The molecule has 0 amide bonds. The normalized spacial score (nSPS) is 11.8. The zero-order valence-electron chi connectivity index (χ0n) is 11.7. The highest BCUT2D eigenvalue weighted by molar-refractivity contribution is 5.75. The molecule has 1 rings (SSSR count). The van der Waals surface area contributed by atoms with Gasteiger partial charge in [-0.2, -0.15) is 0 Å². The number of nitro benzene ring substituents is 1. The first-order valence-electron chi connectivity index (χ1n) is 6.18. The third kappa shape index (κ3) is 4.20. The van der Waals surface area contributed by atoms with E-state index in [1.54, 1.807) is 13.0 Å². The van der Waals surface area contributed by atoms with Crippen LogP contribution in [0.5, 0.6) is 5.75 Å². The van der Waals surface area contributed by atoms with Crippen LogP contribution in [0.25, 0.3) is 0 Å². The molecule has 1 N–H and O–H groups in total. The molecule has 0 aromatic heterocycles. The summed E-state index contributed by atoms with van der Waals surface area (Å²) in [5.74, 6) is -0.339. The van der Waals surface area contributed by atoms with E-state index in [0.29, 0.717) is 6.54 Å². The molecule has 110 valence electrons. The smallest absolute Gasteiger partial charge is 0.326 e. The van der Waals surface area contributed by atoms with Gasteiger partial charge in [0.05, 0.1) is 12.0 Å². The molecule has 0 aliphatic carbocycles. The lowest BCUT2D eigenvalue weighted by Crippen LogP contribution is -2.42. The number of aryl methyl sites for hydroxylation is 1. The molecule has 20 heavy (non-hydrogen) atoms. The fraction of sp³-hybridized carbons (Fsp3) is 0.462. The molecule has 7 nitrogen and oxygen atoms in total. The first-order valence-corrected chi connectivity index (χ1v) is 6.18. The third-order valence-corrected chi connectivity index (χ3v) is 2.65. The van der Waals surface area contributed by atoms with Crippen molar-refractivity contribution >= 4 is 11.7 Å². The maximum Gasteiger partial charge on any atom is 0.326 e. The van der Waals surface area contributed by atoms with Crippen molar-refractivity contribution in [3.63, 3.8) is 0 Å². The van der Waals surface area contributed by atoms with Gasteiger partial charge in [-0.05, 0) is 25.1 Å². The Hall–Kier alpha value is -2.15. The van der Waals surface area contributed by atoms with Crippen molar-refractivity contribution in [2.45, 2.75) is 19.9 Å². The number of nitrogens with one attached hydrogen (secondary N) is 1. The van der Waals surface area contributed by atoms with Crippen LogP contribution < -0.4 is 10.1 Å². The van der Waals surface area contributed by atoms with Crippen LogP contribution in [-0.2, 0) is 9.53 Å². The highest BCUT2D eigenvalue weighted by Gasteiger charge is 2.21. The Morgan fingerprint density at radius 3 is 2.75 bits per heavy atom. The van der Waals surface area contributed by atoms with Gasteiger partial charge in [-0.3, -0.25) is 14.9 Å². The van der Waals surface area contributed by atoms with Crippen molar-refractivity contribution < 1.29 is 19.2 Å². The lowest BCUT2D eigenvalue weighted by atomic mass is 10.2. The molecule has 0 heterocycles. The van der Waals surface area contributed by atoms with Gasteiger partial charge in [-0.1, -0.05) is 13.0 Å². The van der Waals surface area contributed by atoms with Crippen molar-refractivity contribution in [3.8, 4) is 5.75 Å². The van der Waals surface area contributed by atoms with Gasteiger partial charge in [0.15, 0.2) is 5.75 Å². The number of nitrogens with zero attached hydrogens (tertiary/aromatic N) is 1. The van der Waals surface area contributed by atoms with Gasteiger partial charge in [-0.25, -0.2) is 0 Å². The molecule has 0 spiro atoms. The van der Waals surface area contributed by atoms with Gasteiger partial charge in [0.1, 0.15) is 12.6 Å². The predicted octanol–water partition coefficient (Wildman–Crippen LogP) is 1.43. The van der Waals surface area contributed by atoms with E-state index >= 15 is 0 Å². The molecule has 1 aromatic rings. The second-order valence-electron chi connectivity index (χ2n) is 4.17. The maximum absolute atomic E-state index is 11.5. The summed E-state index contributed by atoms with van der Waals surface area (Å²) < 4.78 is 10.0. The quantitative estimate of drug-likeness (QED) is 0.462. The summed E-state index contributed by atoms with van der Waals surface area (Å²) in [6.07, 6.45) is 0. The number of hydrogen-bond acceptors (Lipinski definition) is 6. The van der Waals surface area contributed by atoms with E-state index in [9.17, 15) is 14.9 Å². The van der Waals surface area contributed by atoms with E-state index in [-0.39, 0.29) is 18.0 Å². The molecule has 1 unspecified atom stereocenters. The van der Waals surface area contributed by atoms with Gasteiger partial charge in [0.25, 0.3) is 0 Å². The van der Waals surface area contributed by atoms with Crippen molar-refractivity contribution in [3.05, 3.63) is 33.9 Å². The minimum atomic E-state index is -0.661. The number of ether oxygens (including phenoxy) is 2. The highest BCUT2D eigenvalue weighted by atomic mass is 16.6. The molecular weight excluding hydrogens is 264 g/mol. The summed E-state index contributed by atoms with van der Waals surface area (Å²) >= 11 is 0. The molecule has 0 aliphatic heterocycles. The maximum atomic E-state index is 11.5. The summed E-state index contributed by atoms with van der Waals surface area (Å²) in [7, 11) is 1.28. The Bertz CT molecular complexity index is 490. The molecule has 0 saturated carbocycles. The van der Waals surface area contributed by atoms with Gasteiger partial charge in [-0.15, -0.1) is 0 Å². The van der Waals surface area contributed by atoms with Crippen LogP contribution >= 0.6 is 0 Å². The van der Waals surface area contributed by atoms with Crippen molar-refractivity contribution in [1.29, 1.82) is 0 Å². The number of nitro groups is 1. The van der Waals surface area contributed by atoms with Crippen LogP contribution in [0, 0.1) is 17.0 Å². The van der Waals surface area contributed by atoms with E-state index in [1.807, 2.05) is 6.92 Å². The molecule has 0 fully saturated rings. The number of hydrogen-bond donors (Lipinski definition) is 1. The minimum absolute atomic E-state index is 0.0373. The Labute approximate surface area is 117 Å². The topological polar surface area (TPSA) is 90.7 Å². The Balaban J connectivity index is 2.82. The monoisotopic (exact) mass is 282 g/mol. The number of benzene rings is 1. The second kappa shape index (κ2) is 7.44. The fourth-order valence-electron chi connectivity index (χ4n) is 1.66. The lowest BCUT2D eigenvalue weighted by Gasteiger charge is -2.16. The molecule has 0 saturated heterocycles. The van der Waals surface area contributed by atoms with Gasteiger partial charge in [0.2, 0.25) is 0 Å². The lowest BCUT2D eigenvalue weighted by molar-refractivity contribution is -0.385. The van der Waals surface area contributed by atoms with E-state index in [0.717, 1.165) is 5.56 Å². The average Bonchev–Trinajstić information content (AvgIpc) is 2.43. The Morgan fingerprint density at radius 1 is 1.50 bits per heavy atom. The number of carbonyl (C=O) groups is 1. The first kappa shape index (κ1) is 15.9. The molecule has 0 aliphatic rings. The number of likely N-dealkylation sites (N-methyl/N-ethyl adjacent to an activating group) is 1. The van der Waals surface area contributed by atoms with Crippen LogP contribution in [0.4, 0.5) is 5.69 Å².